The molecule has 1 N–H and O–H groups in total. The van der Waals surface area contributed by atoms with Crippen molar-refractivity contribution in [3.05, 3.63) is 12.4 Å². The standard InChI is InChI=1S/C13H26N4O3S/c1-5-6-14-7-8-17-10-13(9-15-17)21(18,19)16(3)12(2)11-20-4/h9-10,12,14H,5-8,11H2,1-4H3. The maximum absolute atomic E-state index is 12.4. The molecule has 8 heteroatoms. The summed E-state index contributed by atoms with van der Waals surface area (Å²) in [5.41, 5.74) is 0. The monoisotopic (exact) mass is 318 g/mol. The summed E-state index contributed by atoms with van der Waals surface area (Å²) in [7, 11) is -0.417. The van der Waals surface area contributed by atoms with E-state index in [0.29, 0.717) is 13.2 Å². The second kappa shape index (κ2) is 8.47. The third kappa shape index (κ3) is 5.06. The van der Waals surface area contributed by atoms with E-state index in [9.17, 15) is 8.42 Å². The SMILES string of the molecule is CCCNCCn1cc(S(=O)(=O)N(C)C(C)COC)cn1. The number of nitrogens with one attached hydrogen (secondary N) is 1. The molecule has 0 aliphatic heterocycles. The minimum atomic E-state index is -3.53. The fourth-order valence-corrected chi connectivity index (χ4v) is 3.15. The number of likely N-dealkylation sites (N-methyl/N-ethyl adjacent to an activating group) is 1. The van der Waals surface area contributed by atoms with Crippen molar-refractivity contribution in [2.24, 2.45) is 0 Å². The van der Waals surface area contributed by atoms with E-state index in [2.05, 4.69) is 17.3 Å². The zero-order valence-corrected chi connectivity index (χ0v) is 14.1. The number of methoxy groups -OCH3 is 1. The Balaban J connectivity index is 2.69. The first-order chi connectivity index (χ1) is 9.93. The Morgan fingerprint density at radius 1 is 1.48 bits per heavy atom. The van der Waals surface area contributed by atoms with Gasteiger partial charge in [0.05, 0.1) is 19.3 Å². The molecule has 0 aliphatic rings. The Morgan fingerprint density at radius 2 is 2.19 bits per heavy atom. The lowest BCUT2D eigenvalue weighted by Gasteiger charge is -2.22. The van der Waals surface area contributed by atoms with E-state index in [1.54, 1.807) is 32.0 Å². The van der Waals surface area contributed by atoms with Crippen molar-refractivity contribution >= 4 is 10.0 Å². The molecule has 0 fully saturated rings. The Bertz CT molecular complexity index is 515. The van der Waals surface area contributed by atoms with Crippen molar-refractivity contribution in [2.75, 3.05) is 33.9 Å². The summed E-state index contributed by atoms with van der Waals surface area (Å²) < 4.78 is 32.8. The van der Waals surface area contributed by atoms with Crippen LogP contribution in [0, 0.1) is 0 Å². The second-order valence-electron chi connectivity index (χ2n) is 5.01. The zero-order valence-electron chi connectivity index (χ0n) is 13.2. The highest BCUT2D eigenvalue weighted by molar-refractivity contribution is 7.89. The van der Waals surface area contributed by atoms with Crippen molar-refractivity contribution in [3.8, 4) is 0 Å². The quantitative estimate of drug-likeness (QED) is 0.637. The summed E-state index contributed by atoms with van der Waals surface area (Å²) in [4.78, 5) is 0.212. The molecule has 21 heavy (non-hydrogen) atoms. The summed E-state index contributed by atoms with van der Waals surface area (Å²) in [5.74, 6) is 0. The molecule has 0 saturated carbocycles. The van der Waals surface area contributed by atoms with Gasteiger partial charge < -0.3 is 10.1 Å². The van der Waals surface area contributed by atoms with Crippen LogP contribution in [0.1, 0.15) is 20.3 Å². The molecule has 1 aromatic rings. The Labute approximate surface area is 127 Å². The van der Waals surface area contributed by atoms with Crippen LogP contribution in [0.25, 0.3) is 0 Å². The van der Waals surface area contributed by atoms with E-state index in [4.69, 9.17) is 4.74 Å². The van der Waals surface area contributed by atoms with Crippen LogP contribution in [0.3, 0.4) is 0 Å². The summed E-state index contributed by atoms with van der Waals surface area (Å²) in [5, 5.41) is 7.36. The molecule has 0 bridgehead atoms. The first-order valence-electron chi connectivity index (χ1n) is 7.13. The van der Waals surface area contributed by atoms with Crippen molar-refractivity contribution in [2.45, 2.75) is 37.8 Å². The number of hydrogen-bond acceptors (Lipinski definition) is 5. The molecule has 0 aliphatic carbocycles. The highest BCUT2D eigenvalue weighted by Gasteiger charge is 2.26. The molecular formula is C13H26N4O3S. The van der Waals surface area contributed by atoms with E-state index in [1.165, 1.54) is 10.5 Å². The van der Waals surface area contributed by atoms with Crippen LogP contribution >= 0.6 is 0 Å². The van der Waals surface area contributed by atoms with Gasteiger partial charge in [0.2, 0.25) is 10.0 Å². The molecule has 1 rings (SSSR count). The van der Waals surface area contributed by atoms with Crippen LogP contribution in [-0.4, -0.2) is 62.4 Å². The van der Waals surface area contributed by atoms with Crippen LogP contribution in [0.5, 0.6) is 0 Å². The van der Waals surface area contributed by atoms with Gasteiger partial charge in [0.15, 0.2) is 0 Å². The molecule has 0 spiro atoms. The largest absolute Gasteiger partial charge is 0.383 e. The van der Waals surface area contributed by atoms with Gasteiger partial charge >= 0.3 is 0 Å². The topological polar surface area (TPSA) is 76.5 Å². The van der Waals surface area contributed by atoms with Gasteiger partial charge in [0.1, 0.15) is 4.90 Å². The van der Waals surface area contributed by atoms with Gasteiger partial charge in [0.25, 0.3) is 0 Å². The van der Waals surface area contributed by atoms with E-state index in [0.717, 1.165) is 19.5 Å². The van der Waals surface area contributed by atoms with Crippen molar-refractivity contribution < 1.29 is 13.2 Å². The number of hydrogen-bond donors (Lipinski definition) is 1. The lowest BCUT2D eigenvalue weighted by atomic mass is 10.4. The van der Waals surface area contributed by atoms with E-state index >= 15 is 0 Å². The van der Waals surface area contributed by atoms with Crippen LogP contribution in [0.2, 0.25) is 0 Å². The van der Waals surface area contributed by atoms with Crippen molar-refractivity contribution in [3.63, 3.8) is 0 Å². The molecule has 1 unspecified atom stereocenters. The zero-order chi connectivity index (χ0) is 15.9. The number of rotatable bonds is 10. The highest BCUT2D eigenvalue weighted by atomic mass is 32.2. The maximum atomic E-state index is 12.4. The fraction of sp³-hybridized carbons (Fsp3) is 0.769. The predicted octanol–water partition coefficient (Wildman–Crippen LogP) is 0.538. The van der Waals surface area contributed by atoms with Gasteiger partial charge in [0, 0.05) is 32.9 Å². The van der Waals surface area contributed by atoms with Crippen molar-refractivity contribution in [1.29, 1.82) is 0 Å². The van der Waals surface area contributed by atoms with Crippen LogP contribution in [0.15, 0.2) is 17.3 Å². The predicted molar refractivity (Wildman–Crippen MR) is 81.7 cm³/mol. The third-order valence-corrected chi connectivity index (χ3v) is 5.18. The number of aromatic nitrogens is 2. The first-order valence-corrected chi connectivity index (χ1v) is 8.57. The van der Waals surface area contributed by atoms with Crippen molar-refractivity contribution in [1.82, 2.24) is 19.4 Å². The molecule has 1 atom stereocenters. The van der Waals surface area contributed by atoms with Gasteiger partial charge in [-0.25, -0.2) is 8.42 Å². The average Bonchev–Trinajstić information content (AvgIpc) is 2.92. The van der Waals surface area contributed by atoms with Crippen LogP contribution in [-0.2, 0) is 21.3 Å². The summed E-state index contributed by atoms with van der Waals surface area (Å²) in [6.07, 6.45) is 4.03. The van der Waals surface area contributed by atoms with Gasteiger partial charge in [-0.3, -0.25) is 4.68 Å². The first kappa shape index (κ1) is 18.1. The highest BCUT2D eigenvalue weighted by Crippen LogP contribution is 2.15. The average molecular weight is 318 g/mol. The smallest absolute Gasteiger partial charge is 0.246 e. The third-order valence-electron chi connectivity index (χ3n) is 3.26. The Morgan fingerprint density at radius 3 is 2.81 bits per heavy atom. The Hall–Kier alpha value is -0.960. The minimum absolute atomic E-state index is 0.212. The summed E-state index contributed by atoms with van der Waals surface area (Å²) >= 11 is 0. The lowest BCUT2D eigenvalue weighted by molar-refractivity contribution is 0.149. The molecule has 7 nitrogen and oxygen atoms in total. The van der Waals surface area contributed by atoms with E-state index in [1.807, 2.05) is 0 Å². The van der Waals surface area contributed by atoms with Gasteiger partial charge in [-0.05, 0) is 19.9 Å². The molecule has 0 radical (unpaired) electrons. The van der Waals surface area contributed by atoms with Gasteiger partial charge in [-0.15, -0.1) is 0 Å². The number of nitrogens with zero attached hydrogens (tertiary/aromatic N) is 3. The molecule has 1 heterocycles. The number of ether oxygens (including phenoxy) is 1. The molecule has 0 saturated heterocycles. The van der Waals surface area contributed by atoms with Crippen LogP contribution < -0.4 is 5.32 Å². The summed E-state index contributed by atoms with van der Waals surface area (Å²) in [6.45, 7) is 6.62. The van der Waals surface area contributed by atoms with E-state index < -0.39 is 10.0 Å². The summed E-state index contributed by atoms with van der Waals surface area (Å²) in [6, 6.07) is -0.227. The molecule has 1 aromatic heterocycles. The van der Waals surface area contributed by atoms with E-state index in [-0.39, 0.29) is 10.9 Å². The molecule has 122 valence electrons. The molecule has 0 aromatic carbocycles. The minimum Gasteiger partial charge on any atom is -0.383 e. The normalized spacial score (nSPS) is 13.8. The number of sulfonamides is 1. The van der Waals surface area contributed by atoms with Gasteiger partial charge in [-0.1, -0.05) is 6.92 Å². The second-order valence-corrected chi connectivity index (χ2v) is 7.01. The lowest BCUT2D eigenvalue weighted by Crippen LogP contribution is -2.37. The fourth-order valence-electron chi connectivity index (χ4n) is 1.84. The van der Waals surface area contributed by atoms with Gasteiger partial charge in [-0.2, -0.15) is 9.40 Å². The molecule has 0 amide bonds. The maximum Gasteiger partial charge on any atom is 0.246 e. The molecular weight excluding hydrogens is 292 g/mol. The Kier molecular flexibility index (Phi) is 7.30. The van der Waals surface area contributed by atoms with Crippen LogP contribution in [0.4, 0.5) is 0 Å².